The van der Waals surface area contributed by atoms with Gasteiger partial charge in [0.1, 0.15) is 11.8 Å². The van der Waals surface area contributed by atoms with Crippen molar-refractivity contribution in [3.8, 4) is 5.75 Å². The smallest absolute Gasteiger partial charge is 0.243 e. The third-order valence-electron chi connectivity index (χ3n) is 5.05. The third-order valence-corrected chi connectivity index (χ3v) is 6.21. The standard InChI is InChI=1S/C23H32N2O4S/c1-6-20(25(30(5,27)28)21-16-17(2)13-14-18(21)3)23(26)24-15-9-11-19-10-7-8-12-22(19)29-4/h7-8,10,12-14,16,20H,6,9,11,15H2,1-5H3,(H,24,26). The number of anilines is 1. The molecule has 0 aromatic heterocycles. The molecule has 6 nitrogen and oxygen atoms in total. The number of amides is 1. The molecule has 1 unspecified atom stereocenters. The number of methoxy groups -OCH3 is 1. The van der Waals surface area contributed by atoms with Crippen LogP contribution >= 0.6 is 0 Å². The molecule has 1 amide bonds. The second-order valence-electron chi connectivity index (χ2n) is 7.48. The summed E-state index contributed by atoms with van der Waals surface area (Å²) in [7, 11) is -2.00. The van der Waals surface area contributed by atoms with Gasteiger partial charge < -0.3 is 10.1 Å². The number of nitrogens with zero attached hydrogens (tertiary/aromatic N) is 1. The number of nitrogens with one attached hydrogen (secondary N) is 1. The lowest BCUT2D eigenvalue weighted by Crippen LogP contribution is -2.49. The van der Waals surface area contributed by atoms with E-state index in [1.807, 2.05) is 63.2 Å². The largest absolute Gasteiger partial charge is 0.496 e. The minimum Gasteiger partial charge on any atom is -0.496 e. The van der Waals surface area contributed by atoms with Crippen LogP contribution in [0.25, 0.3) is 0 Å². The van der Waals surface area contributed by atoms with Gasteiger partial charge in [0, 0.05) is 6.54 Å². The molecule has 2 aromatic rings. The molecular formula is C23H32N2O4S. The molecule has 0 aliphatic rings. The van der Waals surface area contributed by atoms with Crippen molar-refractivity contribution in [2.24, 2.45) is 0 Å². The Morgan fingerprint density at radius 3 is 2.50 bits per heavy atom. The Bertz CT molecular complexity index is 973. The summed E-state index contributed by atoms with van der Waals surface area (Å²) in [5.41, 5.74) is 3.38. The highest BCUT2D eigenvalue weighted by Crippen LogP contribution is 2.27. The first kappa shape index (κ1) is 23.7. The first-order valence-corrected chi connectivity index (χ1v) is 12.0. The molecule has 0 spiro atoms. The third kappa shape index (κ3) is 5.98. The van der Waals surface area contributed by atoms with Crippen LogP contribution in [0.4, 0.5) is 5.69 Å². The average molecular weight is 433 g/mol. The van der Waals surface area contributed by atoms with E-state index in [9.17, 15) is 13.2 Å². The predicted molar refractivity (Wildman–Crippen MR) is 122 cm³/mol. The van der Waals surface area contributed by atoms with Gasteiger partial charge in [-0.05, 0) is 61.9 Å². The zero-order valence-corrected chi connectivity index (χ0v) is 19.3. The van der Waals surface area contributed by atoms with Crippen molar-refractivity contribution in [2.75, 3.05) is 24.2 Å². The van der Waals surface area contributed by atoms with Gasteiger partial charge in [-0.1, -0.05) is 37.3 Å². The Balaban J connectivity index is 2.11. The number of rotatable bonds is 10. The highest BCUT2D eigenvalue weighted by atomic mass is 32.2. The van der Waals surface area contributed by atoms with Crippen LogP contribution in [0.3, 0.4) is 0 Å². The minimum atomic E-state index is -3.64. The van der Waals surface area contributed by atoms with E-state index in [1.165, 1.54) is 4.31 Å². The number of hydrogen-bond acceptors (Lipinski definition) is 4. The van der Waals surface area contributed by atoms with Crippen molar-refractivity contribution < 1.29 is 17.9 Å². The molecule has 1 atom stereocenters. The number of carbonyl (C=O) groups excluding carboxylic acids is 1. The second kappa shape index (κ2) is 10.5. The molecular weight excluding hydrogens is 400 g/mol. The van der Waals surface area contributed by atoms with E-state index in [2.05, 4.69) is 5.32 Å². The number of para-hydroxylation sites is 1. The second-order valence-corrected chi connectivity index (χ2v) is 9.34. The summed E-state index contributed by atoms with van der Waals surface area (Å²) in [6, 6.07) is 12.6. The van der Waals surface area contributed by atoms with Crippen molar-refractivity contribution in [1.82, 2.24) is 5.32 Å². The van der Waals surface area contributed by atoms with Crippen LogP contribution in [0.5, 0.6) is 5.75 Å². The zero-order chi connectivity index (χ0) is 22.3. The van der Waals surface area contributed by atoms with Gasteiger partial charge in [-0.25, -0.2) is 8.42 Å². The van der Waals surface area contributed by atoms with Gasteiger partial charge in [-0.15, -0.1) is 0 Å². The first-order chi connectivity index (χ1) is 14.2. The molecule has 0 aliphatic carbocycles. The highest BCUT2D eigenvalue weighted by Gasteiger charge is 2.32. The maximum atomic E-state index is 12.9. The molecule has 7 heteroatoms. The van der Waals surface area contributed by atoms with E-state index >= 15 is 0 Å². The maximum Gasteiger partial charge on any atom is 0.243 e. The van der Waals surface area contributed by atoms with Crippen molar-refractivity contribution in [3.05, 3.63) is 59.2 Å². The van der Waals surface area contributed by atoms with Gasteiger partial charge in [0.25, 0.3) is 0 Å². The number of hydrogen-bond donors (Lipinski definition) is 1. The molecule has 0 radical (unpaired) electrons. The summed E-state index contributed by atoms with van der Waals surface area (Å²) in [6.45, 7) is 6.03. The number of carbonyl (C=O) groups is 1. The average Bonchev–Trinajstić information content (AvgIpc) is 2.70. The van der Waals surface area contributed by atoms with E-state index in [0.717, 1.165) is 41.5 Å². The molecule has 0 heterocycles. The molecule has 0 saturated heterocycles. The lowest BCUT2D eigenvalue weighted by molar-refractivity contribution is -0.122. The first-order valence-electron chi connectivity index (χ1n) is 10.1. The van der Waals surface area contributed by atoms with E-state index in [-0.39, 0.29) is 5.91 Å². The normalized spacial score (nSPS) is 12.3. The Morgan fingerprint density at radius 2 is 1.87 bits per heavy atom. The molecule has 0 fully saturated rings. The Labute approximate surface area is 180 Å². The van der Waals surface area contributed by atoms with Crippen molar-refractivity contribution in [3.63, 3.8) is 0 Å². The van der Waals surface area contributed by atoms with Crippen LogP contribution in [0, 0.1) is 13.8 Å². The van der Waals surface area contributed by atoms with Crippen molar-refractivity contribution in [2.45, 2.75) is 46.1 Å². The molecule has 0 bridgehead atoms. The molecule has 0 aliphatic heterocycles. The molecule has 1 N–H and O–H groups in total. The summed E-state index contributed by atoms with van der Waals surface area (Å²) in [6.07, 6.45) is 3.00. The number of aryl methyl sites for hydroxylation is 3. The quantitative estimate of drug-likeness (QED) is 0.582. The summed E-state index contributed by atoms with van der Waals surface area (Å²) in [4.78, 5) is 12.9. The lowest BCUT2D eigenvalue weighted by atomic mass is 10.1. The topological polar surface area (TPSA) is 75.7 Å². The van der Waals surface area contributed by atoms with Crippen LogP contribution in [-0.4, -0.2) is 40.3 Å². The van der Waals surface area contributed by atoms with E-state index in [4.69, 9.17) is 4.74 Å². The zero-order valence-electron chi connectivity index (χ0n) is 18.4. The summed E-state index contributed by atoms with van der Waals surface area (Å²) in [5.74, 6) is 0.539. The summed E-state index contributed by atoms with van der Waals surface area (Å²) < 4.78 is 31.8. The fourth-order valence-corrected chi connectivity index (χ4v) is 4.77. The Hall–Kier alpha value is -2.54. The van der Waals surface area contributed by atoms with Gasteiger partial charge >= 0.3 is 0 Å². The van der Waals surface area contributed by atoms with Crippen LogP contribution in [-0.2, 0) is 21.2 Å². The number of ether oxygens (including phenoxy) is 1. The SMILES string of the molecule is CCC(C(=O)NCCCc1ccccc1OC)N(c1cc(C)ccc1C)S(C)(=O)=O. The minimum absolute atomic E-state index is 0.288. The van der Waals surface area contributed by atoms with Crippen LogP contribution in [0.15, 0.2) is 42.5 Å². The van der Waals surface area contributed by atoms with Crippen LogP contribution in [0.2, 0.25) is 0 Å². The molecule has 0 saturated carbocycles. The maximum absolute atomic E-state index is 12.9. The summed E-state index contributed by atoms with van der Waals surface area (Å²) >= 11 is 0. The van der Waals surface area contributed by atoms with Gasteiger partial charge in [-0.2, -0.15) is 0 Å². The molecule has 30 heavy (non-hydrogen) atoms. The van der Waals surface area contributed by atoms with Crippen molar-refractivity contribution in [1.29, 1.82) is 0 Å². The van der Waals surface area contributed by atoms with E-state index < -0.39 is 16.1 Å². The van der Waals surface area contributed by atoms with Gasteiger partial charge in [0.15, 0.2) is 0 Å². The van der Waals surface area contributed by atoms with Crippen LogP contribution in [0.1, 0.15) is 36.5 Å². The monoisotopic (exact) mass is 432 g/mol. The van der Waals surface area contributed by atoms with Gasteiger partial charge in [0.05, 0.1) is 19.1 Å². The van der Waals surface area contributed by atoms with Gasteiger partial charge in [-0.3, -0.25) is 9.10 Å². The number of sulfonamides is 1. The van der Waals surface area contributed by atoms with Crippen LogP contribution < -0.4 is 14.4 Å². The Kier molecular flexibility index (Phi) is 8.29. The molecule has 164 valence electrons. The Morgan fingerprint density at radius 1 is 1.17 bits per heavy atom. The fraction of sp³-hybridized carbons (Fsp3) is 0.435. The molecule has 2 rings (SSSR count). The van der Waals surface area contributed by atoms with E-state index in [0.29, 0.717) is 18.7 Å². The molecule has 2 aromatic carbocycles. The van der Waals surface area contributed by atoms with Crippen molar-refractivity contribution >= 4 is 21.6 Å². The van der Waals surface area contributed by atoms with Gasteiger partial charge in [0.2, 0.25) is 15.9 Å². The number of benzene rings is 2. The lowest BCUT2D eigenvalue weighted by Gasteiger charge is -2.31. The summed E-state index contributed by atoms with van der Waals surface area (Å²) in [5, 5.41) is 2.91. The highest BCUT2D eigenvalue weighted by molar-refractivity contribution is 7.92. The van der Waals surface area contributed by atoms with E-state index in [1.54, 1.807) is 7.11 Å². The predicted octanol–water partition coefficient (Wildman–Crippen LogP) is 3.61. The fourth-order valence-electron chi connectivity index (χ4n) is 3.51.